The maximum Gasteiger partial charge on any atom is 0.200 e. The minimum atomic E-state index is -2.31. The van der Waals surface area contributed by atoms with Crippen LogP contribution >= 0.6 is 0 Å². The summed E-state index contributed by atoms with van der Waals surface area (Å²) in [6.07, 6.45) is 2.25. The Balaban J connectivity index is 2.67. The van der Waals surface area contributed by atoms with Gasteiger partial charge in [0.1, 0.15) is 5.56 Å². The first-order valence-electron chi connectivity index (χ1n) is 4.91. The Morgan fingerprint density at radius 3 is 1.89 bits per heavy atom. The summed E-state index contributed by atoms with van der Waals surface area (Å²) < 4.78 is 65.5. The molecule has 0 aliphatic carbocycles. The number of aromatic nitrogens is 1. The highest BCUT2D eigenvalue weighted by atomic mass is 19.2. The van der Waals surface area contributed by atoms with Gasteiger partial charge in [0.05, 0.1) is 0 Å². The van der Waals surface area contributed by atoms with Gasteiger partial charge in [0, 0.05) is 18.0 Å². The third kappa shape index (κ3) is 2.07. The number of hydrogen-bond donors (Lipinski definition) is 0. The average molecular weight is 273 g/mol. The molecule has 7 heteroatoms. The van der Waals surface area contributed by atoms with E-state index in [1.807, 2.05) is 0 Å². The number of hydrogen-bond acceptors (Lipinski definition) is 2. The highest BCUT2D eigenvalue weighted by Gasteiger charge is 2.30. The predicted molar refractivity (Wildman–Crippen MR) is 53.9 cm³/mol. The minimum Gasteiger partial charge on any atom is -0.288 e. The molecule has 2 aromatic rings. The third-order valence-corrected chi connectivity index (χ3v) is 2.36. The Morgan fingerprint density at radius 2 is 1.42 bits per heavy atom. The van der Waals surface area contributed by atoms with Crippen LogP contribution in [0.1, 0.15) is 15.9 Å². The van der Waals surface area contributed by atoms with E-state index in [-0.39, 0.29) is 5.56 Å². The van der Waals surface area contributed by atoms with Gasteiger partial charge in [-0.25, -0.2) is 22.0 Å². The van der Waals surface area contributed by atoms with Gasteiger partial charge in [0.15, 0.2) is 23.3 Å². The summed E-state index contributed by atoms with van der Waals surface area (Å²) >= 11 is 0. The van der Waals surface area contributed by atoms with Crippen molar-refractivity contribution >= 4 is 5.78 Å². The van der Waals surface area contributed by atoms with E-state index in [0.717, 1.165) is 12.3 Å². The largest absolute Gasteiger partial charge is 0.288 e. The lowest BCUT2D eigenvalue weighted by molar-refractivity contribution is 0.102. The first-order chi connectivity index (χ1) is 8.95. The number of rotatable bonds is 2. The van der Waals surface area contributed by atoms with E-state index in [9.17, 15) is 26.7 Å². The van der Waals surface area contributed by atoms with Crippen LogP contribution < -0.4 is 0 Å². The zero-order valence-corrected chi connectivity index (χ0v) is 9.05. The SMILES string of the molecule is O=C(c1cccnc1)c1c(F)c(F)c(F)c(F)c1F. The molecule has 0 fully saturated rings. The van der Waals surface area contributed by atoms with Gasteiger partial charge in [-0.1, -0.05) is 0 Å². The van der Waals surface area contributed by atoms with Crippen LogP contribution in [0.15, 0.2) is 24.5 Å². The fourth-order valence-electron chi connectivity index (χ4n) is 1.45. The van der Waals surface area contributed by atoms with Crippen LogP contribution in [0.3, 0.4) is 0 Å². The van der Waals surface area contributed by atoms with Crippen molar-refractivity contribution in [2.24, 2.45) is 0 Å². The number of benzene rings is 1. The molecule has 0 saturated carbocycles. The standard InChI is InChI=1S/C12H4F5NO/c13-7-6(8(14)10(16)11(17)9(7)15)12(19)5-2-1-3-18-4-5/h1-4H. The van der Waals surface area contributed by atoms with E-state index in [1.54, 1.807) is 0 Å². The maximum absolute atomic E-state index is 13.4. The molecular weight excluding hydrogens is 269 g/mol. The van der Waals surface area contributed by atoms with E-state index < -0.39 is 40.4 Å². The quantitative estimate of drug-likeness (QED) is 0.364. The molecule has 1 heterocycles. The Kier molecular flexibility index (Phi) is 3.28. The average Bonchev–Trinajstić information content (AvgIpc) is 2.44. The second-order valence-corrected chi connectivity index (χ2v) is 3.52. The topological polar surface area (TPSA) is 30.0 Å². The third-order valence-electron chi connectivity index (χ3n) is 2.36. The van der Waals surface area contributed by atoms with Gasteiger partial charge >= 0.3 is 0 Å². The van der Waals surface area contributed by atoms with Crippen molar-refractivity contribution in [1.29, 1.82) is 0 Å². The van der Waals surface area contributed by atoms with Gasteiger partial charge in [-0.05, 0) is 12.1 Å². The van der Waals surface area contributed by atoms with Crippen LogP contribution in [0, 0.1) is 29.1 Å². The van der Waals surface area contributed by atoms with Gasteiger partial charge in [-0.3, -0.25) is 9.78 Å². The first-order valence-corrected chi connectivity index (χ1v) is 4.91. The molecule has 0 saturated heterocycles. The van der Waals surface area contributed by atoms with Crippen LogP contribution in [0.2, 0.25) is 0 Å². The van der Waals surface area contributed by atoms with Gasteiger partial charge in [-0.2, -0.15) is 0 Å². The zero-order valence-electron chi connectivity index (χ0n) is 9.05. The first kappa shape index (κ1) is 13.1. The lowest BCUT2D eigenvalue weighted by atomic mass is 10.0. The van der Waals surface area contributed by atoms with Crippen LogP contribution in [0.25, 0.3) is 0 Å². The van der Waals surface area contributed by atoms with Gasteiger partial charge in [0.25, 0.3) is 0 Å². The highest BCUT2D eigenvalue weighted by molar-refractivity contribution is 6.09. The van der Waals surface area contributed by atoms with E-state index in [2.05, 4.69) is 4.98 Å². The zero-order chi connectivity index (χ0) is 14.2. The maximum atomic E-state index is 13.4. The van der Waals surface area contributed by atoms with Gasteiger partial charge in [-0.15, -0.1) is 0 Å². The Morgan fingerprint density at radius 1 is 0.895 bits per heavy atom. The van der Waals surface area contributed by atoms with E-state index in [4.69, 9.17) is 0 Å². The Hall–Kier alpha value is -2.31. The summed E-state index contributed by atoms with van der Waals surface area (Å²) in [5.74, 6) is -12.3. The van der Waals surface area contributed by atoms with Gasteiger partial charge in [0.2, 0.25) is 11.6 Å². The normalized spacial score (nSPS) is 10.6. The van der Waals surface area contributed by atoms with E-state index in [0.29, 0.717) is 0 Å². The van der Waals surface area contributed by atoms with Gasteiger partial charge < -0.3 is 0 Å². The summed E-state index contributed by atoms with van der Waals surface area (Å²) in [6, 6.07) is 2.44. The predicted octanol–water partition coefficient (Wildman–Crippen LogP) is 3.01. The summed E-state index contributed by atoms with van der Waals surface area (Å²) in [7, 11) is 0. The Labute approximate surface area is 103 Å². The summed E-state index contributed by atoms with van der Waals surface area (Å²) in [5.41, 5.74) is -1.78. The molecule has 0 unspecified atom stereocenters. The number of carbonyl (C=O) groups excluding carboxylic acids is 1. The second-order valence-electron chi connectivity index (χ2n) is 3.52. The van der Waals surface area contributed by atoms with E-state index >= 15 is 0 Å². The second kappa shape index (κ2) is 4.75. The molecule has 0 bridgehead atoms. The molecular formula is C12H4F5NO. The molecule has 98 valence electrons. The lowest BCUT2D eigenvalue weighted by Gasteiger charge is -2.07. The molecule has 19 heavy (non-hydrogen) atoms. The Bertz CT molecular complexity index is 628. The smallest absolute Gasteiger partial charge is 0.200 e. The number of ketones is 1. The molecule has 1 aromatic carbocycles. The molecule has 0 radical (unpaired) electrons. The summed E-state index contributed by atoms with van der Waals surface area (Å²) in [5, 5.41) is 0. The number of nitrogens with zero attached hydrogens (tertiary/aromatic N) is 1. The fourth-order valence-corrected chi connectivity index (χ4v) is 1.45. The molecule has 2 nitrogen and oxygen atoms in total. The molecule has 1 aromatic heterocycles. The summed E-state index contributed by atoms with van der Waals surface area (Å²) in [4.78, 5) is 15.3. The van der Waals surface area contributed by atoms with Crippen LogP contribution in [0.5, 0.6) is 0 Å². The van der Waals surface area contributed by atoms with Crippen molar-refractivity contribution in [3.8, 4) is 0 Å². The molecule has 2 rings (SSSR count). The lowest BCUT2D eigenvalue weighted by Crippen LogP contribution is -2.13. The number of carbonyl (C=O) groups is 1. The van der Waals surface area contributed by atoms with Crippen LogP contribution in [-0.4, -0.2) is 10.8 Å². The molecule has 0 amide bonds. The van der Waals surface area contributed by atoms with Crippen molar-refractivity contribution in [2.75, 3.05) is 0 Å². The molecule has 0 atom stereocenters. The number of halogens is 5. The number of pyridine rings is 1. The monoisotopic (exact) mass is 273 g/mol. The van der Waals surface area contributed by atoms with Crippen LogP contribution in [-0.2, 0) is 0 Å². The molecule has 0 N–H and O–H groups in total. The van der Waals surface area contributed by atoms with Crippen LogP contribution in [0.4, 0.5) is 22.0 Å². The minimum absolute atomic E-state index is 0.286. The molecule has 0 aliphatic heterocycles. The van der Waals surface area contributed by atoms with Crippen molar-refractivity contribution < 1.29 is 26.7 Å². The highest BCUT2D eigenvalue weighted by Crippen LogP contribution is 2.24. The van der Waals surface area contributed by atoms with Crippen molar-refractivity contribution in [3.63, 3.8) is 0 Å². The van der Waals surface area contributed by atoms with Crippen molar-refractivity contribution in [2.45, 2.75) is 0 Å². The van der Waals surface area contributed by atoms with E-state index in [1.165, 1.54) is 12.3 Å². The fraction of sp³-hybridized carbons (Fsp3) is 0. The molecule has 0 spiro atoms. The summed E-state index contributed by atoms with van der Waals surface area (Å²) in [6.45, 7) is 0. The van der Waals surface area contributed by atoms with Crippen molar-refractivity contribution in [1.82, 2.24) is 4.98 Å². The molecule has 0 aliphatic rings. The van der Waals surface area contributed by atoms with Crippen molar-refractivity contribution in [3.05, 3.63) is 64.7 Å².